The Kier molecular flexibility index (Phi) is 7.82. The SMILES string of the molecule is CN(C)CCOc1ccc(-c2ccc(-c3ccc(OCCN(C)C)cc3)nc2)cc1. The van der Waals surface area contributed by atoms with Crippen LogP contribution in [-0.2, 0) is 0 Å². The van der Waals surface area contributed by atoms with Crippen molar-refractivity contribution < 1.29 is 9.47 Å². The molecule has 0 amide bonds. The van der Waals surface area contributed by atoms with Gasteiger partial charge in [0.05, 0.1) is 5.69 Å². The van der Waals surface area contributed by atoms with Crippen molar-refractivity contribution in [1.29, 1.82) is 0 Å². The Labute approximate surface area is 179 Å². The van der Waals surface area contributed by atoms with Gasteiger partial charge in [-0.05, 0) is 76.2 Å². The van der Waals surface area contributed by atoms with Gasteiger partial charge in [-0.15, -0.1) is 0 Å². The molecule has 5 heteroatoms. The third-order valence-corrected chi connectivity index (χ3v) is 4.72. The van der Waals surface area contributed by atoms with Crippen LogP contribution in [0.4, 0.5) is 0 Å². The lowest BCUT2D eigenvalue weighted by atomic mass is 10.1. The summed E-state index contributed by atoms with van der Waals surface area (Å²) in [6.07, 6.45) is 1.92. The quantitative estimate of drug-likeness (QED) is 0.503. The van der Waals surface area contributed by atoms with E-state index in [9.17, 15) is 0 Å². The average molecular weight is 406 g/mol. The minimum Gasteiger partial charge on any atom is -0.492 e. The minimum absolute atomic E-state index is 0.679. The predicted octanol–water partition coefficient (Wildman–Crippen LogP) is 4.30. The molecule has 0 atom stereocenters. The van der Waals surface area contributed by atoms with Gasteiger partial charge in [-0.2, -0.15) is 0 Å². The van der Waals surface area contributed by atoms with Crippen LogP contribution in [0.3, 0.4) is 0 Å². The highest BCUT2D eigenvalue weighted by molar-refractivity contribution is 5.67. The van der Waals surface area contributed by atoms with Gasteiger partial charge in [-0.1, -0.05) is 18.2 Å². The van der Waals surface area contributed by atoms with Gasteiger partial charge in [0, 0.05) is 30.4 Å². The van der Waals surface area contributed by atoms with Gasteiger partial charge in [0.25, 0.3) is 0 Å². The van der Waals surface area contributed by atoms with Crippen molar-refractivity contribution in [1.82, 2.24) is 14.8 Å². The molecule has 30 heavy (non-hydrogen) atoms. The van der Waals surface area contributed by atoms with Crippen LogP contribution in [0.5, 0.6) is 11.5 Å². The van der Waals surface area contributed by atoms with Crippen molar-refractivity contribution in [3.63, 3.8) is 0 Å². The summed E-state index contributed by atoms with van der Waals surface area (Å²) in [7, 11) is 8.15. The maximum atomic E-state index is 5.76. The van der Waals surface area contributed by atoms with Crippen molar-refractivity contribution in [3.8, 4) is 33.9 Å². The molecule has 1 aromatic heterocycles. The first-order chi connectivity index (χ1) is 14.5. The Balaban J connectivity index is 1.59. The Bertz CT molecular complexity index is 813. The number of ether oxygens (including phenoxy) is 2. The summed E-state index contributed by atoms with van der Waals surface area (Å²) in [6, 6.07) is 20.4. The first-order valence-electron chi connectivity index (χ1n) is 10.2. The molecule has 0 aliphatic rings. The molecule has 158 valence electrons. The van der Waals surface area contributed by atoms with Crippen LogP contribution in [0, 0.1) is 0 Å². The molecule has 0 N–H and O–H groups in total. The number of nitrogens with zero attached hydrogens (tertiary/aromatic N) is 3. The average Bonchev–Trinajstić information content (AvgIpc) is 2.74. The summed E-state index contributed by atoms with van der Waals surface area (Å²) >= 11 is 0. The Morgan fingerprint density at radius 2 is 1.07 bits per heavy atom. The van der Waals surface area contributed by atoms with Crippen molar-refractivity contribution in [3.05, 3.63) is 66.9 Å². The van der Waals surface area contributed by atoms with Gasteiger partial charge in [-0.3, -0.25) is 4.98 Å². The summed E-state index contributed by atoms with van der Waals surface area (Å²) in [4.78, 5) is 8.85. The van der Waals surface area contributed by atoms with E-state index >= 15 is 0 Å². The number of pyridine rings is 1. The fraction of sp³-hybridized carbons (Fsp3) is 0.320. The molecule has 1 heterocycles. The zero-order chi connectivity index (χ0) is 21.3. The highest BCUT2D eigenvalue weighted by Crippen LogP contribution is 2.25. The van der Waals surface area contributed by atoms with Gasteiger partial charge in [0.1, 0.15) is 24.7 Å². The molecule has 0 saturated heterocycles. The zero-order valence-corrected chi connectivity index (χ0v) is 18.3. The summed E-state index contributed by atoms with van der Waals surface area (Å²) in [5, 5.41) is 0. The number of benzene rings is 2. The monoisotopic (exact) mass is 405 g/mol. The maximum Gasteiger partial charge on any atom is 0.119 e. The van der Waals surface area contributed by atoms with Crippen LogP contribution in [-0.4, -0.2) is 69.3 Å². The van der Waals surface area contributed by atoms with E-state index in [0.717, 1.165) is 47.0 Å². The maximum absolute atomic E-state index is 5.76. The third-order valence-electron chi connectivity index (χ3n) is 4.72. The van der Waals surface area contributed by atoms with Crippen LogP contribution in [0.15, 0.2) is 66.9 Å². The second-order valence-corrected chi connectivity index (χ2v) is 7.78. The van der Waals surface area contributed by atoms with Gasteiger partial charge >= 0.3 is 0 Å². The second-order valence-electron chi connectivity index (χ2n) is 7.78. The van der Waals surface area contributed by atoms with Crippen molar-refractivity contribution >= 4 is 0 Å². The fourth-order valence-corrected chi connectivity index (χ4v) is 2.89. The molecule has 3 rings (SSSR count). The van der Waals surface area contributed by atoms with Crippen LogP contribution in [0.2, 0.25) is 0 Å². The molecule has 2 aromatic carbocycles. The summed E-state index contributed by atoms with van der Waals surface area (Å²) < 4.78 is 11.5. The number of hydrogen-bond acceptors (Lipinski definition) is 5. The number of aromatic nitrogens is 1. The molecule has 0 saturated carbocycles. The summed E-state index contributed by atoms with van der Waals surface area (Å²) in [5.41, 5.74) is 4.23. The van der Waals surface area contributed by atoms with E-state index in [2.05, 4.69) is 39.0 Å². The predicted molar refractivity (Wildman–Crippen MR) is 123 cm³/mol. The molecule has 0 bridgehead atoms. The first kappa shape index (κ1) is 21.8. The fourth-order valence-electron chi connectivity index (χ4n) is 2.89. The van der Waals surface area contributed by atoms with Crippen molar-refractivity contribution in [2.45, 2.75) is 0 Å². The van der Waals surface area contributed by atoms with Gasteiger partial charge < -0.3 is 19.3 Å². The zero-order valence-electron chi connectivity index (χ0n) is 18.3. The summed E-state index contributed by atoms with van der Waals surface area (Å²) in [5.74, 6) is 1.77. The van der Waals surface area contributed by atoms with Gasteiger partial charge in [0.15, 0.2) is 0 Å². The molecule has 0 spiro atoms. The first-order valence-corrected chi connectivity index (χ1v) is 10.2. The van der Waals surface area contributed by atoms with E-state index < -0.39 is 0 Å². The van der Waals surface area contributed by atoms with E-state index in [1.807, 2.05) is 70.8 Å². The van der Waals surface area contributed by atoms with Crippen LogP contribution < -0.4 is 9.47 Å². The molecule has 0 fully saturated rings. The molecule has 3 aromatic rings. The van der Waals surface area contributed by atoms with Crippen LogP contribution in [0.25, 0.3) is 22.4 Å². The lowest BCUT2D eigenvalue weighted by Gasteiger charge is -2.12. The minimum atomic E-state index is 0.679. The smallest absolute Gasteiger partial charge is 0.119 e. The number of hydrogen-bond donors (Lipinski definition) is 0. The Morgan fingerprint density at radius 1 is 0.600 bits per heavy atom. The highest BCUT2D eigenvalue weighted by atomic mass is 16.5. The van der Waals surface area contributed by atoms with Gasteiger partial charge in [-0.25, -0.2) is 0 Å². The Hall–Kier alpha value is -2.89. The van der Waals surface area contributed by atoms with E-state index in [1.54, 1.807) is 0 Å². The van der Waals surface area contributed by atoms with Crippen molar-refractivity contribution in [2.75, 3.05) is 54.5 Å². The highest BCUT2D eigenvalue weighted by Gasteiger charge is 2.04. The third kappa shape index (κ3) is 6.58. The molecular weight excluding hydrogens is 374 g/mol. The second kappa shape index (κ2) is 10.8. The molecule has 5 nitrogen and oxygen atoms in total. The van der Waals surface area contributed by atoms with Crippen molar-refractivity contribution in [2.24, 2.45) is 0 Å². The van der Waals surface area contributed by atoms with Crippen LogP contribution in [0.1, 0.15) is 0 Å². The normalized spacial score (nSPS) is 11.1. The molecule has 0 aliphatic carbocycles. The van der Waals surface area contributed by atoms with E-state index in [-0.39, 0.29) is 0 Å². The molecule has 0 unspecified atom stereocenters. The van der Waals surface area contributed by atoms with Crippen LogP contribution >= 0.6 is 0 Å². The number of rotatable bonds is 10. The standard InChI is InChI=1S/C25H31N3O2/c1-27(2)15-17-29-23-10-5-20(6-11-23)22-9-14-25(26-19-22)21-7-12-24(13-8-21)30-18-16-28(3)4/h5-14,19H,15-18H2,1-4H3. The molecule has 0 aliphatic heterocycles. The van der Waals surface area contributed by atoms with Gasteiger partial charge in [0.2, 0.25) is 0 Å². The lowest BCUT2D eigenvalue weighted by Crippen LogP contribution is -2.19. The van der Waals surface area contributed by atoms with E-state index in [4.69, 9.17) is 9.47 Å². The van der Waals surface area contributed by atoms with E-state index in [0.29, 0.717) is 13.2 Å². The number of likely N-dealkylation sites (N-methyl/N-ethyl adjacent to an activating group) is 2. The molecular formula is C25H31N3O2. The molecule has 0 radical (unpaired) electrons. The largest absolute Gasteiger partial charge is 0.492 e. The lowest BCUT2D eigenvalue weighted by molar-refractivity contribution is 0.261. The summed E-state index contributed by atoms with van der Waals surface area (Å²) in [6.45, 7) is 3.16. The van der Waals surface area contributed by atoms with E-state index in [1.165, 1.54) is 0 Å². The Morgan fingerprint density at radius 3 is 1.50 bits per heavy atom. The topological polar surface area (TPSA) is 37.8 Å².